The molecule has 8 heteroatoms. The smallest absolute Gasteiger partial charge is 0.230 e. The molecule has 0 bridgehead atoms. The molecule has 2 aromatic rings. The van der Waals surface area contributed by atoms with Crippen molar-refractivity contribution in [2.45, 2.75) is 28.4 Å². The lowest BCUT2D eigenvalue weighted by molar-refractivity contribution is -0.118. The van der Waals surface area contributed by atoms with Crippen LogP contribution in [0.15, 0.2) is 33.1 Å². The topological polar surface area (TPSA) is 67.8 Å². The molecule has 0 atom stereocenters. The Bertz CT molecular complexity index is 576. The van der Waals surface area contributed by atoms with Crippen LogP contribution in [0.2, 0.25) is 0 Å². The highest BCUT2D eigenvalue weighted by molar-refractivity contribution is 8.03. The van der Waals surface area contributed by atoms with Crippen LogP contribution < -0.4 is 5.32 Å². The fourth-order valence-corrected chi connectivity index (χ4v) is 4.43. The van der Waals surface area contributed by atoms with Crippen molar-refractivity contribution in [3.05, 3.63) is 30.1 Å². The monoisotopic (exact) mass is 354 g/mol. The Kier molecular flexibility index (Phi) is 7.68. The SMILES string of the molecule is CCCNC(=O)CSc1nnc(SCCc2ccccn2)s1. The van der Waals surface area contributed by atoms with E-state index < -0.39 is 0 Å². The molecule has 1 N–H and O–H groups in total. The van der Waals surface area contributed by atoms with Crippen molar-refractivity contribution in [3.8, 4) is 0 Å². The van der Waals surface area contributed by atoms with Gasteiger partial charge >= 0.3 is 0 Å². The maximum atomic E-state index is 11.5. The van der Waals surface area contributed by atoms with E-state index in [9.17, 15) is 4.79 Å². The highest BCUT2D eigenvalue weighted by Gasteiger charge is 2.08. The maximum Gasteiger partial charge on any atom is 0.230 e. The summed E-state index contributed by atoms with van der Waals surface area (Å²) in [6.07, 6.45) is 3.67. The first-order chi connectivity index (χ1) is 10.8. The van der Waals surface area contributed by atoms with Gasteiger partial charge in [0, 0.05) is 24.2 Å². The molecule has 5 nitrogen and oxygen atoms in total. The number of rotatable bonds is 9. The summed E-state index contributed by atoms with van der Waals surface area (Å²) in [6.45, 7) is 2.76. The van der Waals surface area contributed by atoms with Crippen molar-refractivity contribution < 1.29 is 4.79 Å². The first-order valence-electron chi connectivity index (χ1n) is 7.03. The Morgan fingerprint density at radius 1 is 1.27 bits per heavy atom. The second-order valence-electron chi connectivity index (χ2n) is 4.39. The largest absolute Gasteiger partial charge is 0.355 e. The van der Waals surface area contributed by atoms with E-state index in [1.54, 1.807) is 11.8 Å². The fraction of sp³-hybridized carbons (Fsp3) is 0.429. The van der Waals surface area contributed by atoms with Crippen molar-refractivity contribution >= 4 is 40.8 Å². The minimum atomic E-state index is 0.0476. The lowest BCUT2D eigenvalue weighted by Gasteiger charge is -2.00. The normalized spacial score (nSPS) is 10.6. The van der Waals surface area contributed by atoms with Crippen molar-refractivity contribution in [1.29, 1.82) is 0 Å². The molecule has 0 unspecified atom stereocenters. The molecule has 0 spiro atoms. The van der Waals surface area contributed by atoms with Crippen molar-refractivity contribution in [2.24, 2.45) is 0 Å². The van der Waals surface area contributed by atoms with Gasteiger partial charge in [-0.3, -0.25) is 9.78 Å². The summed E-state index contributed by atoms with van der Waals surface area (Å²) in [6, 6.07) is 5.94. The first kappa shape index (κ1) is 17.2. The molecular weight excluding hydrogens is 336 g/mol. The number of nitrogens with zero attached hydrogens (tertiary/aromatic N) is 3. The summed E-state index contributed by atoms with van der Waals surface area (Å²) in [5.41, 5.74) is 1.08. The van der Waals surface area contributed by atoms with Crippen LogP contribution in [0.25, 0.3) is 0 Å². The van der Waals surface area contributed by atoms with E-state index in [1.807, 2.05) is 31.3 Å². The van der Waals surface area contributed by atoms with Gasteiger partial charge < -0.3 is 5.32 Å². The number of hydrogen-bond acceptors (Lipinski definition) is 7. The first-order valence-corrected chi connectivity index (χ1v) is 9.82. The third-order valence-corrected chi connectivity index (χ3v) is 5.79. The molecule has 0 saturated heterocycles. The molecule has 0 fully saturated rings. The Morgan fingerprint density at radius 2 is 2.09 bits per heavy atom. The van der Waals surface area contributed by atoms with Crippen LogP contribution in [0.3, 0.4) is 0 Å². The fourth-order valence-electron chi connectivity index (χ4n) is 1.55. The number of hydrogen-bond donors (Lipinski definition) is 1. The zero-order valence-electron chi connectivity index (χ0n) is 12.3. The molecule has 0 aliphatic heterocycles. The van der Waals surface area contributed by atoms with Crippen LogP contribution in [-0.2, 0) is 11.2 Å². The predicted octanol–water partition coefficient (Wildman–Crippen LogP) is 2.89. The van der Waals surface area contributed by atoms with Gasteiger partial charge in [-0.1, -0.05) is 47.9 Å². The number of amides is 1. The van der Waals surface area contributed by atoms with Gasteiger partial charge in [0.2, 0.25) is 5.91 Å². The lowest BCUT2D eigenvalue weighted by atomic mass is 10.3. The summed E-state index contributed by atoms with van der Waals surface area (Å²) in [7, 11) is 0. The third kappa shape index (κ3) is 6.33. The van der Waals surface area contributed by atoms with Gasteiger partial charge in [-0.2, -0.15) is 0 Å². The number of pyridine rings is 1. The lowest BCUT2D eigenvalue weighted by Crippen LogP contribution is -2.25. The van der Waals surface area contributed by atoms with Gasteiger partial charge in [0.25, 0.3) is 0 Å². The van der Waals surface area contributed by atoms with Crippen LogP contribution in [0.1, 0.15) is 19.0 Å². The van der Waals surface area contributed by atoms with Crippen LogP contribution >= 0.6 is 34.9 Å². The minimum Gasteiger partial charge on any atom is -0.355 e. The number of aromatic nitrogens is 3. The molecule has 0 aliphatic carbocycles. The van der Waals surface area contributed by atoms with Crippen molar-refractivity contribution in [2.75, 3.05) is 18.1 Å². The summed E-state index contributed by atoms with van der Waals surface area (Å²) < 4.78 is 1.78. The number of carbonyl (C=O) groups excluding carboxylic acids is 1. The minimum absolute atomic E-state index is 0.0476. The molecule has 0 radical (unpaired) electrons. The Hall–Kier alpha value is -1.12. The zero-order chi connectivity index (χ0) is 15.6. The van der Waals surface area contributed by atoms with Gasteiger partial charge in [0.05, 0.1) is 5.75 Å². The van der Waals surface area contributed by atoms with Crippen molar-refractivity contribution in [1.82, 2.24) is 20.5 Å². The van der Waals surface area contributed by atoms with Crippen LogP contribution in [0.4, 0.5) is 0 Å². The van der Waals surface area contributed by atoms with E-state index in [-0.39, 0.29) is 5.91 Å². The molecular formula is C14H18N4OS3. The van der Waals surface area contributed by atoms with Gasteiger partial charge in [0.1, 0.15) is 0 Å². The van der Waals surface area contributed by atoms with Crippen LogP contribution in [0.5, 0.6) is 0 Å². The van der Waals surface area contributed by atoms with E-state index in [0.717, 1.165) is 39.5 Å². The Labute approximate surface area is 142 Å². The molecule has 22 heavy (non-hydrogen) atoms. The second kappa shape index (κ2) is 9.81. The van der Waals surface area contributed by atoms with Crippen molar-refractivity contribution in [3.63, 3.8) is 0 Å². The van der Waals surface area contributed by atoms with Crippen LogP contribution in [0, 0.1) is 0 Å². The van der Waals surface area contributed by atoms with Crippen LogP contribution in [-0.4, -0.2) is 39.1 Å². The van der Waals surface area contributed by atoms with E-state index in [1.165, 1.54) is 23.1 Å². The molecule has 0 aliphatic rings. The summed E-state index contributed by atoms with van der Waals surface area (Å²) in [5.74, 6) is 1.37. The van der Waals surface area contributed by atoms with E-state index in [0.29, 0.717) is 5.75 Å². The number of nitrogens with one attached hydrogen (secondary N) is 1. The van der Waals surface area contributed by atoms with Gasteiger partial charge in [0.15, 0.2) is 8.68 Å². The molecule has 2 heterocycles. The second-order valence-corrected chi connectivity index (χ2v) is 7.93. The third-order valence-electron chi connectivity index (χ3n) is 2.60. The number of carbonyl (C=O) groups is 1. The molecule has 0 aromatic carbocycles. The van der Waals surface area contributed by atoms with Gasteiger partial charge in [-0.05, 0) is 25.0 Å². The Morgan fingerprint density at radius 3 is 2.82 bits per heavy atom. The molecule has 1 amide bonds. The molecule has 118 valence electrons. The maximum absolute atomic E-state index is 11.5. The van der Waals surface area contributed by atoms with E-state index >= 15 is 0 Å². The molecule has 0 saturated carbocycles. The number of aryl methyl sites for hydroxylation is 1. The summed E-state index contributed by atoms with van der Waals surface area (Å²) in [5, 5.41) is 11.1. The van der Waals surface area contributed by atoms with Gasteiger partial charge in [-0.25, -0.2) is 0 Å². The zero-order valence-corrected chi connectivity index (χ0v) is 14.8. The summed E-state index contributed by atoms with van der Waals surface area (Å²) in [4.78, 5) is 15.8. The molecule has 2 aromatic heterocycles. The Balaban J connectivity index is 1.69. The summed E-state index contributed by atoms with van der Waals surface area (Å²) >= 11 is 4.65. The number of thioether (sulfide) groups is 2. The van der Waals surface area contributed by atoms with E-state index in [4.69, 9.17) is 0 Å². The molecule has 2 rings (SSSR count). The highest BCUT2D eigenvalue weighted by Crippen LogP contribution is 2.28. The highest BCUT2D eigenvalue weighted by atomic mass is 32.2. The quantitative estimate of drug-likeness (QED) is 0.699. The predicted molar refractivity (Wildman–Crippen MR) is 92.6 cm³/mol. The van der Waals surface area contributed by atoms with Gasteiger partial charge in [-0.15, -0.1) is 10.2 Å². The van der Waals surface area contributed by atoms with E-state index in [2.05, 4.69) is 20.5 Å². The standard InChI is InChI=1S/C14H18N4OS3/c1-2-7-16-12(19)10-21-14-18-17-13(22-14)20-9-6-11-5-3-4-8-15-11/h3-5,8H,2,6-7,9-10H2,1H3,(H,16,19). The average molecular weight is 355 g/mol. The average Bonchev–Trinajstić information content (AvgIpc) is 3.00.